The molecule has 17 heavy (non-hydrogen) atoms. The minimum atomic E-state index is 0.235. The van der Waals surface area contributed by atoms with Gasteiger partial charge in [-0.15, -0.1) is 0 Å². The average molecular weight is 233 g/mol. The van der Waals surface area contributed by atoms with Crippen molar-refractivity contribution in [3.63, 3.8) is 0 Å². The van der Waals surface area contributed by atoms with Gasteiger partial charge < -0.3 is 14.2 Å². The predicted octanol–water partition coefficient (Wildman–Crippen LogP) is 3.30. The minimum Gasteiger partial charge on any atom is -0.469 e. The molecule has 0 aliphatic heterocycles. The topological polar surface area (TPSA) is 38.3 Å². The smallest absolute Gasteiger partial charge is 0.106 e. The summed E-state index contributed by atoms with van der Waals surface area (Å²) < 4.78 is 11.1. The van der Waals surface area contributed by atoms with Crippen molar-refractivity contribution in [2.24, 2.45) is 0 Å². The molecule has 2 heterocycles. The van der Waals surface area contributed by atoms with Gasteiger partial charge in [0.25, 0.3) is 0 Å². The molecular formula is C14H19NO2. The molecule has 0 bridgehead atoms. The lowest BCUT2D eigenvalue weighted by atomic mass is 9.98. The van der Waals surface area contributed by atoms with Gasteiger partial charge in [-0.25, -0.2) is 0 Å². The number of furan rings is 2. The zero-order valence-corrected chi connectivity index (χ0v) is 10.8. The van der Waals surface area contributed by atoms with E-state index >= 15 is 0 Å². The van der Waals surface area contributed by atoms with E-state index in [0.29, 0.717) is 0 Å². The van der Waals surface area contributed by atoms with Crippen LogP contribution in [0.5, 0.6) is 0 Å². The first-order valence-corrected chi connectivity index (χ1v) is 5.89. The second-order valence-corrected chi connectivity index (χ2v) is 4.38. The van der Waals surface area contributed by atoms with E-state index < -0.39 is 0 Å². The minimum absolute atomic E-state index is 0.235. The van der Waals surface area contributed by atoms with Crippen LogP contribution in [-0.2, 0) is 6.42 Å². The van der Waals surface area contributed by atoms with Crippen molar-refractivity contribution in [1.29, 1.82) is 0 Å². The third kappa shape index (κ3) is 2.29. The van der Waals surface area contributed by atoms with E-state index in [1.54, 1.807) is 6.26 Å². The van der Waals surface area contributed by atoms with Gasteiger partial charge in [-0.3, -0.25) is 0 Å². The highest BCUT2D eigenvalue weighted by Crippen LogP contribution is 2.29. The fourth-order valence-corrected chi connectivity index (χ4v) is 2.30. The summed E-state index contributed by atoms with van der Waals surface area (Å²) in [6.07, 6.45) is 2.55. The van der Waals surface area contributed by atoms with E-state index in [0.717, 1.165) is 23.7 Å². The van der Waals surface area contributed by atoms with Gasteiger partial charge in [0.05, 0.1) is 6.26 Å². The largest absolute Gasteiger partial charge is 0.469 e. The molecule has 1 atom stereocenters. The van der Waals surface area contributed by atoms with Crippen LogP contribution < -0.4 is 5.32 Å². The number of likely N-dealkylation sites (N-methyl/N-ethyl adjacent to an activating group) is 1. The molecule has 0 amide bonds. The Hall–Kier alpha value is -1.48. The van der Waals surface area contributed by atoms with Crippen LogP contribution in [-0.4, -0.2) is 7.05 Å². The molecule has 0 saturated heterocycles. The maximum atomic E-state index is 5.68. The monoisotopic (exact) mass is 233 g/mol. The van der Waals surface area contributed by atoms with E-state index in [2.05, 4.69) is 12.2 Å². The average Bonchev–Trinajstić information content (AvgIpc) is 2.87. The Labute approximate surface area is 102 Å². The second-order valence-electron chi connectivity index (χ2n) is 4.38. The quantitative estimate of drug-likeness (QED) is 0.880. The molecule has 2 aromatic rings. The molecule has 1 unspecified atom stereocenters. The van der Waals surface area contributed by atoms with Gasteiger partial charge in [-0.2, -0.15) is 0 Å². The zero-order chi connectivity index (χ0) is 12.4. The fraction of sp³-hybridized carbons (Fsp3) is 0.429. The van der Waals surface area contributed by atoms with E-state index in [1.807, 2.05) is 33.0 Å². The van der Waals surface area contributed by atoms with Crippen molar-refractivity contribution in [3.8, 4) is 0 Å². The Bertz CT molecular complexity index is 483. The van der Waals surface area contributed by atoms with E-state index in [1.165, 1.54) is 11.1 Å². The lowest BCUT2D eigenvalue weighted by Gasteiger charge is -2.15. The van der Waals surface area contributed by atoms with Crippen molar-refractivity contribution < 1.29 is 8.83 Å². The van der Waals surface area contributed by atoms with Crippen LogP contribution in [0.2, 0.25) is 0 Å². The zero-order valence-electron chi connectivity index (χ0n) is 10.8. The van der Waals surface area contributed by atoms with Crippen molar-refractivity contribution in [2.45, 2.75) is 33.2 Å². The molecule has 2 rings (SSSR count). The molecular weight excluding hydrogens is 214 g/mol. The third-order valence-corrected chi connectivity index (χ3v) is 3.30. The molecule has 0 fully saturated rings. The Morgan fingerprint density at radius 2 is 2.00 bits per heavy atom. The Morgan fingerprint density at radius 1 is 1.24 bits per heavy atom. The van der Waals surface area contributed by atoms with E-state index in [-0.39, 0.29) is 6.04 Å². The summed E-state index contributed by atoms with van der Waals surface area (Å²) in [7, 11) is 1.97. The van der Waals surface area contributed by atoms with Gasteiger partial charge in [-0.1, -0.05) is 0 Å². The fourth-order valence-electron chi connectivity index (χ4n) is 2.30. The number of aryl methyl sites for hydroxylation is 2. The number of nitrogens with one attached hydrogen (secondary N) is 1. The SMILES string of the molecule is CNC(Cc1ccco1)c1c(C)oc(C)c1C. The van der Waals surface area contributed by atoms with E-state index in [4.69, 9.17) is 8.83 Å². The van der Waals surface area contributed by atoms with Crippen molar-refractivity contribution >= 4 is 0 Å². The summed E-state index contributed by atoms with van der Waals surface area (Å²) in [5, 5.41) is 3.33. The van der Waals surface area contributed by atoms with Crippen LogP contribution >= 0.6 is 0 Å². The Kier molecular flexibility index (Phi) is 3.38. The van der Waals surface area contributed by atoms with Crippen LogP contribution in [0.3, 0.4) is 0 Å². The van der Waals surface area contributed by atoms with Gasteiger partial charge in [0.1, 0.15) is 17.3 Å². The van der Waals surface area contributed by atoms with Crippen molar-refractivity contribution in [2.75, 3.05) is 7.05 Å². The molecule has 0 spiro atoms. The molecule has 2 aromatic heterocycles. The molecule has 0 aromatic carbocycles. The molecule has 3 nitrogen and oxygen atoms in total. The molecule has 3 heteroatoms. The number of hydrogen-bond donors (Lipinski definition) is 1. The van der Waals surface area contributed by atoms with Crippen LogP contribution in [0.15, 0.2) is 27.2 Å². The van der Waals surface area contributed by atoms with E-state index in [9.17, 15) is 0 Å². The summed E-state index contributed by atoms with van der Waals surface area (Å²) in [5.74, 6) is 2.98. The van der Waals surface area contributed by atoms with Gasteiger partial charge in [-0.05, 0) is 45.5 Å². The molecule has 92 valence electrons. The van der Waals surface area contributed by atoms with Crippen LogP contribution in [0, 0.1) is 20.8 Å². The lowest BCUT2D eigenvalue weighted by Crippen LogP contribution is -2.19. The molecule has 0 aliphatic rings. The predicted molar refractivity (Wildman–Crippen MR) is 67.1 cm³/mol. The summed E-state index contributed by atoms with van der Waals surface area (Å²) in [6.45, 7) is 6.13. The van der Waals surface area contributed by atoms with Gasteiger partial charge in [0, 0.05) is 18.0 Å². The number of hydrogen-bond acceptors (Lipinski definition) is 3. The van der Waals surface area contributed by atoms with Crippen LogP contribution in [0.25, 0.3) is 0 Å². The van der Waals surface area contributed by atoms with Gasteiger partial charge >= 0.3 is 0 Å². The molecule has 1 N–H and O–H groups in total. The second kappa shape index (κ2) is 4.80. The van der Waals surface area contributed by atoms with Crippen molar-refractivity contribution in [1.82, 2.24) is 5.32 Å². The van der Waals surface area contributed by atoms with Gasteiger partial charge in [0.15, 0.2) is 0 Å². The molecule has 0 aliphatic carbocycles. The highest BCUT2D eigenvalue weighted by atomic mass is 16.3. The number of rotatable bonds is 4. The standard InChI is InChI=1S/C14H19NO2/c1-9-10(2)17-11(3)14(9)13(15-4)8-12-6-5-7-16-12/h5-7,13,15H,8H2,1-4H3. The summed E-state index contributed by atoms with van der Waals surface area (Å²) in [6, 6.07) is 4.16. The summed E-state index contributed by atoms with van der Waals surface area (Å²) >= 11 is 0. The molecule has 0 radical (unpaired) electrons. The van der Waals surface area contributed by atoms with Crippen molar-refractivity contribution in [3.05, 3.63) is 46.8 Å². The lowest BCUT2D eigenvalue weighted by molar-refractivity contribution is 0.455. The third-order valence-electron chi connectivity index (χ3n) is 3.30. The normalized spacial score (nSPS) is 12.9. The summed E-state index contributed by atoms with van der Waals surface area (Å²) in [4.78, 5) is 0. The maximum absolute atomic E-state index is 5.68. The highest BCUT2D eigenvalue weighted by Gasteiger charge is 2.20. The first kappa shape index (κ1) is 12.0. The first-order valence-electron chi connectivity index (χ1n) is 5.89. The maximum Gasteiger partial charge on any atom is 0.106 e. The first-order chi connectivity index (χ1) is 8.13. The summed E-state index contributed by atoms with van der Waals surface area (Å²) in [5.41, 5.74) is 2.48. The van der Waals surface area contributed by atoms with Crippen LogP contribution in [0.1, 0.15) is 34.4 Å². The molecule has 0 saturated carbocycles. The van der Waals surface area contributed by atoms with Crippen LogP contribution in [0.4, 0.5) is 0 Å². The highest BCUT2D eigenvalue weighted by molar-refractivity contribution is 5.34. The van der Waals surface area contributed by atoms with Gasteiger partial charge in [0.2, 0.25) is 0 Å². The Morgan fingerprint density at radius 3 is 2.47 bits per heavy atom. The Balaban J connectivity index is 2.29.